The Labute approximate surface area is 72.6 Å². The van der Waals surface area contributed by atoms with Gasteiger partial charge in [-0.25, -0.2) is 0 Å². The molecular formula is C10H25N. The van der Waals surface area contributed by atoms with Crippen LogP contribution in [0.25, 0.3) is 0 Å². The topological polar surface area (TPSA) is 12.0 Å². The number of rotatable bonds is 3. The molecule has 0 heterocycles. The molecule has 0 aliphatic carbocycles. The van der Waals surface area contributed by atoms with E-state index in [4.69, 9.17) is 0 Å². The summed E-state index contributed by atoms with van der Waals surface area (Å²) in [5.41, 5.74) is 0. The van der Waals surface area contributed by atoms with Crippen molar-refractivity contribution in [1.29, 1.82) is 0 Å². The van der Waals surface area contributed by atoms with Crippen LogP contribution in [-0.2, 0) is 0 Å². The molecule has 0 aromatic heterocycles. The Balaban J connectivity index is 0. The van der Waals surface area contributed by atoms with Gasteiger partial charge in [-0.2, -0.15) is 0 Å². The molecule has 0 rings (SSSR count). The van der Waals surface area contributed by atoms with Crippen LogP contribution in [0.2, 0.25) is 0 Å². The molecule has 0 fully saturated rings. The summed E-state index contributed by atoms with van der Waals surface area (Å²) in [5, 5.41) is 3.12. The van der Waals surface area contributed by atoms with Gasteiger partial charge in [-0.05, 0) is 25.4 Å². The number of hydrogen-bond donors (Lipinski definition) is 1. The predicted molar refractivity (Wildman–Crippen MR) is 53.9 cm³/mol. The third-order valence-corrected chi connectivity index (χ3v) is 1.25. The minimum absolute atomic E-state index is 0.833. The second-order valence-corrected chi connectivity index (χ2v) is 3.80. The minimum Gasteiger partial charge on any atom is -0.319 e. The molecule has 1 N–H and O–H groups in total. The molecule has 0 aliphatic heterocycles. The summed E-state index contributed by atoms with van der Waals surface area (Å²) in [7, 11) is 1.99. The highest BCUT2D eigenvalue weighted by molar-refractivity contribution is 4.49. The van der Waals surface area contributed by atoms with E-state index < -0.39 is 0 Å². The maximum Gasteiger partial charge on any atom is -0.00263 e. The van der Waals surface area contributed by atoms with E-state index in [9.17, 15) is 0 Å². The monoisotopic (exact) mass is 159 g/mol. The molecule has 1 heteroatoms. The van der Waals surface area contributed by atoms with Crippen LogP contribution in [0.4, 0.5) is 0 Å². The van der Waals surface area contributed by atoms with Crippen molar-refractivity contribution in [2.24, 2.45) is 11.8 Å². The zero-order chi connectivity index (χ0) is 9.28. The Hall–Kier alpha value is -0.0400. The average molecular weight is 159 g/mol. The molecule has 0 spiro atoms. The summed E-state index contributed by atoms with van der Waals surface area (Å²) in [6.45, 7) is 12.1. The highest BCUT2D eigenvalue weighted by atomic mass is 14.8. The highest BCUT2D eigenvalue weighted by Gasteiger charge is 1.91. The van der Waals surface area contributed by atoms with Gasteiger partial charge in [0.05, 0.1) is 0 Å². The van der Waals surface area contributed by atoms with Crippen molar-refractivity contribution < 1.29 is 0 Å². The van der Waals surface area contributed by atoms with Crippen LogP contribution in [0, 0.1) is 11.8 Å². The summed E-state index contributed by atoms with van der Waals surface area (Å²) in [4.78, 5) is 0. The Morgan fingerprint density at radius 3 is 1.55 bits per heavy atom. The van der Waals surface area contributed by atoms with Crippen LogP contribution in [-0.4, -0.2) is 13.6 Å². The molecule has 0 saturated carbocycles. The van der Waals surface area contributed by atoms with Crippen LogP contribution in [0.5, 0.6) is 0 Å². The molecule has 0 saturated heterocycles. The highest BCUT2D eigenvalue weighted by Crippen LogP contribution is 1.95. The van der Waals surface area contributed by atoms with E-state index in [0.29, 0.717) is 0 Å². The molecule has 11 heavy (non-hydrogen) atoms. The molecule has 0 aliphatic rings. The molecule has 0 amide bonds. The summed E-state index contributed by atoms with van der Waals surface area (Å²) in [6.07, 6.45) is 1.28. The molecule has 0 bridgehead atoms. The van der Waals surface area contributed by atoms with E-state index in [1.807, 2.05) is 7.05 Å². The van der Waals surface area contributed by atoms with Gasteiger partial charge in [0.1, 0.15) is 0 Å². The van der Waals surface area contributed by atoms with Gasteiger partial charge in [-0.3, -0.25) is 0 Å². The first kappa shape index (κ1) is 13.5. The lowest BCUT2D eigenvalue weighted by atomic mass is 10.1. The summed E-state index contributed by atoms with van der Waals surface area (Å²) in [5.74, 6) is 1.67. The first-order valence-electron chi connectivity index (χ1n) is 4.69. The number of hydrogen-bond acceptors (Lipinski definition) is 1. The van der Waals surface area contributed by atoms with Crippen LogP contribution in [0.3, 0.4) is 0 Å². The molecule has 1 unspecified atom stereocenters. The zero-order valence-electron chi connectivity index (χ0n) is 9.07. The molecule has 0 aromatic rings. The van der Waals surface area contributed by atoms with Gasteiger partial charge in [0.15, 0.2) is 0 Å². The van der Waals surface area contributed by atoms with Crippen molar-refractivity contribution in [2.75, 3.05) is 13.6 Å². The molecule has 70 valence electrons. The predicted octanol–water partition coefficient (Wildman–Crippen LogP) is 2.91. The Morgan fingerprint density at radius 1 is 1.09 bits per heavy atom. The standard InChI is InChI=1S/C6H15N.C4H10/c1-4-6(2)5-7-3;1-4(2)3/h6-7H,4-5H2,1-3H3;4H,1-3H3. The van der Waals surface area contributed by atoms with Gasteiger partial charge in [-0.1, -0.05) is 41.0 Å². The zero-order valence-corrected chi connectivity index (χ0v) is 9.07. The van der Waals surface area contributed by atoms with Crippen LogP contribution >= 0.6 is 0 Å². The summed E-state index contributed by atoms with van der Waals surface area (Å²) < 4.78 is 0. The lowest BCUT2D eigenvalue weighted by molar-refractivity contribution is 0.528. The smallest absolute Gasteiger partial charge is 0.00263 e. The van der Waals surface area contributed by atoms with Crippen molar-refractivity contribution in [3.05, 3.63) is 0 Å². The van der Waals surface area contributed by atoms with Crippen molar-refractivity contribution in [2.45, 2.75) is 41.0 Å². The second-order valence-electron chi connectivity index (χ2n) is 3.80. The molecular weight excluding hydrogens is 134 g/mol. The van der Waals surface area contributed by atoms with E-state index in [-0.39, 0.29) is 0 Å². The fraction of sp³-hybridized carbons (Fsp3) is 1.00. The summed E-state index contributed by atoms with van der Waals surface area (Å²) >= 11 is 0. The fourth-order valence-corrected chi connectivity index (χ4v) is 0.493. The molecule has 1 atom stereocenters. The van der Waals surface area contributed by atoms with Crippen LogP contribution < -0.4 is 5.32 Å². The lowest BCUT2D eigenvalue weighted by Gasteiger charge is -2.04. The normalized spacial score (nSPS) is 12.3. The van der Waals surface area contributed by atoms with Crippen molar-refractivity contribution in [1.82, 2.24) is 5.32 Å². The SMILES string of the molecule is CC(C)C.CCC(C)CNC. The van der Waals surface area contributed by atoms with Gasteiger partial charge < -0.3 is 5.32 Å². The van der Waals surface area contributed by atoms with Crippen molar-refractivity contribution in [3.8, 4) is 0 Å². The molecule has 0 aromatic carbocycles. The Bertz CT molecular complexity index is 57.1. The molecule has 1 nitrogen and oxygen atoms in total. The van der Waals surface area contributed by atoms with E-state index in [2.05, 4.69) is 39.9 Å². The van der Waals surface area contributed by atoms with Crippen molar-refractivity contribution >= 4 is 0 Å². The maximum atomic E-state index is 3.12. The fourth-order valence-electron chi connectivity index (χ4n) is 0.493. The second kappa shape index (κ2) is 9.96. The third kappa shape index (κ3) is 25.7. The van der Waals surface area contributed by atoms with Gasteiger partial charge in [0.25, 0.3) is 0 Å². The first-order chi connectivity index (χ1) is 5.04. The van der Waals surface area contributed by atoms with Gasteiger partial charge in [0.2, 0.25) is 0 Å². The van der Waals surface area contributed by atoms with Gasteiger partial charge in [0, 0.05) is 0 Å². The van der Waals surface area contributed by atoms with E-state index >= 15 is 0 Å². The van der Waals surface area contributed by atoms with Gasteiger partial charge in [-0.15, -0.1) is 0 Å². The third-order valence-electron chi connectivity index (χ3n) is 1.25. The minimum atomic E-state index is 0.833. The average Bonchev–Trinajstić information content (AvgIpc) is 1.87. The van der Waals surface area contributed by atoms with E-state index in [1.165, 1.54) is 6.42 Å². The Morgan fingerprint density at radius 2 is 1.45 bits per heavy atom. The van der Waals surface area contributed by atoms with Gasteiger partial charge >= 0.3 is 0 Å². The molecule has 0 radical (unpaired) electrons. The summed E-state index contributed by atoms with van der Waals surface area (Å²) in [6, 6.07) is 0. The Kier molecular flexibility index (Phi) is 12.3. The number of nitrogens with one attached hydrogen (secondary N) is 1. The van der Waals surface area contributed by atoms with Crippen LogP contribution in [0.15, 0.2) is 0 Å². The first-order valence-corrected chi connectivity index (χ1v) is 4.69. The van der Waals surface area contributed by atoms with E-state index in [0.717, 1.165) is 18.4 Å². The van der Waals surface area contributed by atoms with E-state index in [1.54, 1.807) is 0 Å². The quantitative estimate of drug-likeness (QED) is 0.667. The maximum absolute atomic E-state index is 3.12. The van der Waals surface area contributed by atoms with Crippen LogP contribution in [0.1, 0.15) is 41.0 Å². The van der Waals surface area contributed by atoms with Crippen molar-refractivity contribution in [3.63, 3.8) is 0 Å². The largest absolute Gasteiger partial charge is 0.319 e. The lowest BCUT2D eigenvalue weighted by Crippen LogP contribution is -2.14.